The molecule has 0 aromatic carbocycles. The lowest BCUT2D eigenvalue weighted by Crippen LogP contribution is -2.44. The molecule has 18 heavy (non-hydrogen) atoms. The van der Waals surface area contributed by atoms with Gasteiger partial charge in [-0.1, -0.05) is 19.3 Å². The van der Waals surface area contributed by atoms with Crippen LogP contribution in [0.25, 0.3) is 0 Å². The molecule has 0 bridgehead atoms. The van der Waals surface area contributed by atoms with Crippen LogP contribution < -0.4 is 16.4 Å². The number of hydrogen-bond donors (Lipinski definition) is 3. The summed E-state index contributed by atoms with van der Waals surface area (Å²) in [5.74, 6) is 2.59. The molecule has 0 spiro atoms. The van der Waals surface area contributed by atoms with Crippen LogP contribution in [0, 0.1) is 11.8 Å². The summed E-state index contributed by atoms with van der Waals surface area (Å²) in [7, 11) is 0. The third kappa shape index (κ3) is 2.24. The predicted octanol–water partition coefficient (Wildman–Crippen LogP) is 0.814. The van der Waals surface area contributed by atoms with Gasteiger partial charge in [-0.05, 0) is 18.4 Å². The Bertz CT molecular complexity index is 380. The zero-order valence-corrected chi connectivity index (χ0v) is 10.8. The van der Waals surface area contributed by atoms with Crippen molar-refractivity contribution in [2.24, 2.45) is 17.6 Å². The summed E-state index contributed by atoms with van der Waals surface area (Å²) in [5, 5.41) is 11.2. The van der Waals surface area contributed by atoms with E-state index in [9.17, 15) is 0 Å². The van der Waals surface area contributed by atoms with Crippen molar-refractivity contribution >= 4 is 5.82 Å². The van der Waals surface area contributed by atoms with Gasteiger partial charge in [-0.3, -0.25) is 0 Å². The third-order valence-corrected chi connectivity index (χ3v) is 4.44. The molecule has 5 nitrogen and oxygen atoms in total. The fraction of sp³-hybridized carbons (Fsp3) is 0.769. The number of nitrogens with two attached hydrogens (primary N) is 1. The molecule has 5 heteroatoms. The lowest BCUT2D eigenvalue weighted by Gasteiger charge is -2.34. The highest BCUT2D eigenvalue weighted by atomic mass is 15.4. The van der Waals surface area contributed by atoms with Crippen LogP contribution in [0.2, 0.25) is 0 Å². The van der Waals surface area contributed by atoms with Gasteiger partial charge in [0.1, 0.15) is 5.82 Å². The van der Waals surface area contributed by atoms with E-state index in [0.717, 1.165) is 37.9 Å². The summed E-state index contributed by atoms with van der Waals surface area (Å²) in [5.41, 5.74) is 5.89. The Hall–Kier alpha value is -1.07. The van der Waals surface area contributed by atoms with E-state index < -0.39 is 0 Å². The van der Waals surface area contributed by atoms with Crippen LogP contribution >= 0.6 is 0 Å². The van der Waals surface area contributed by atoms with Crippen LogP contribution in [0.15, 0.2) is 12.3 Å². The number of nitrogens with zero attached hydrogens (tertiary/aromatic N) is 2. The molecule has 1 aliphatic heterocycles. The summed E-state index contributed by atoms with van der Waals surface area (Å²) in [6, 6.07) is 2.58. The molecule has 2 heterocycles. The van der Waals surface area contributed by atoms with Gasteiger partial charge in [0.15, 0.2) is 0 Å². The van der Waals surface area contributed by atoms with Gasteiger partial charge in [-0.25, -0.2) is 4.68 Å². The van der Waals surface area contributed by atoms with Crippen molar-refractivity contribution < 1.29 is 0 Å². The Labute approximate surface area is 108 Å². The average Bonchev–Trinajstić information content (AvgIpc) is 2.67. The van der Waals surface area contributed by atoms with Gasteiger partial charge < -0.3 is 16.4 Å². The molecule has 1 saturated carbocycles. The normalized spacial score (nSPS) is 22.3. The van der Waals surface area contributed by atoms with Gasteiger partial charge in [0.05, 0.1) is 12.2 Å². The summed E-state index contributed by atoms with van der Waals surface area (Å²) in [6.07, 6.45) is 5.97. The molecule has 1 aromatic rings. The summed E-state index contributed by atoms with van der Waals surface area (Å²) < 4.78 is 2.10. The van der Waals surface area contributed by atoms with E-state index in [4.69, 9.17) is 5.73 Å². The predicted molar refractivity (Wildman–Crippen MR) is 72.5 cm³/mol. The van der Waals surface area contributed by atoms with Crippen LogP contribution in [-0.2, 0) is 0 Å². The fourth-order valence-electron chi connectivity index (χ4n) is 2.78. The van der Waals surface area contributed by atoms with Gasteiger partial charge in [-0.2, -0.15) is 5.10 Å². The Morgan fingerprint density at radius 3 is 2.89 bits per heavy atom. The fourth-order valence-corrected chi connectivity index (χ4v) is 2.78. The first-order chi connectivity index (χ1) is 8.88. The second-order valence-electron chi connectivity index (χ2n) is 5.54. The van der Waals surface area contributed by atoms with Crippen molar-refractivity contribution in [3.8, 4) is 0 Å². The van der Waals surface area contributed by atoms with E-state index in [1.54, 1.807) is 0 Å². The first-order valence-corrected chi connectivity index (χ1v) is 7.06. The monoisotopic (exact) mass is 249 g/mol. The standard InChI is InChI=1S/C13H23N5/c14-6-11(10-2-1-3-10)7-16-13-4-5-17-18(13)12-8-15-9-12/h4-5,10-12,15-16H,1-3,6-9,14H2. The number of aromatic nitrogens is 2. The van der Waals surface area contributed by atoms with Gasteiger partial charge in [-0.15, -0.1) is 0 Å². The number of anilines is 1. The molecule has 100 valence electrons. The number of hydrogen-bond acceptors (Lipinski definition) is 4. The van der Waals surface area contributed by atoms with Crippen LogP contribution in [0.3, 0.4) is 0 Å². The molecule has 1 atom stereocenters. The van der Waals surface area contributed by atoms with Crippen LogP contribution in [-0.4, -0.2) is 36.0 Å². The van der Waals surface area contributed by atoms with Crippen molar-refractivity contribution in [2.45, 2.75) is 25.3 Å². The molecular weight excluding hydrogens is 226 g/mol. The van der Waals surface area contributed by atoms with Crippen molar-refractivity contribution in [1.82, 2.24) is 15.1 Å². The molecule has 3 rings (SSSR count). The maximum Gasteiger partial charge on any atom is 0.124 e. The molecular formula is C13H23N5. The maximum absolute atomic E-state index is 5.89. The van der Waals surface area contributed by atoms with E-state index in [1.165, 1.54) is 19.3 Å². The van der Waals surface area contributed by atoms with Crippen molar-refractivity contribution in [2.75, 3.05) is 31.5 Å². The molecule has 2 aliphatic rings. The van der Waals surface area contributed by atoms with Gasteiger partial charge >= 0.3 is 0 Å². The highest BCUT2D eigenvalue weighted by Gasteiger charge is 2.27. The summed E-state index contributed by atoms with van der Waals surface area (Å²) in [6.45, 7) is 3.82. The number of nitrogens with one attached hydrogen (secondary N) is 2. The Kier molecular flexibility index (Phi) is 3.52. The topological polar surface area (TPSA) is 67.9 Å². The van der Waals surface area contributed by atoms with Crippen molar-refractivity contribution in [1.29, 1.82) is 0 Å². The minimum absolute atomic E-state index is 0.516. The minimum atomic E-state index is 0.516. The SMILES string of the molecule is NCC(CNc1ccnn1C1CNC1)C1CCC1. The van der Waals surface area contributed by atoms with Gasteiger partial charge in [0.25, 0.3) is 0 Å². The van der Waals surface area contributed by atoms with Crippen LogP contribution in [0.5, 0.6) is 0 Å². The van der Waals surface area contributed by atoms with Crippen LogP contribution in [0.4, 0.5) is 5.82 Å². The van der Waals surface area contributed by atoms with E-state index >= 15 is 0 Å². The summed E-state index contributed by atoms with van der Waals surface area (Å²) in [4.78, 5) is 0. The largest absolute Gasteiger partial charge is 0.370 e. The first-order valence-electron chi connectivity index (χ1n) is 7.06. The van der Waals surface area contributed by atoms with Gasteiger partial charge in [0, 0.05) is 25.7 Å². The molecule has 1 aromatic heterocycles. The Morgan fingerprint density at radius 1 is 1.50 bits per heavy atom. The molecule has 0 radical (unpaired) electrons. The van der Waals surface area contributed by atoms with E-state index in [1.807, 2.05) is 6.20 Å². The quantitative estimate of drug-likeness (QED) is 0.698. The molecule has 2 fully saturated rings. The molecule has 0 amide bonds. The Morgan fingerprint density at radius 2 is 2.33 bits per heavy atom. The zero-order chi connectivity index (χ0) is 12.4. The molecule has 1 unspecified atom stereocenters. The number of rotatable bonds is 6. The van der Waals surface area contributed by atoms with Crippen molar-refractivity contribution in [3.63, 3.8) is 0 Å². The first kappa shape index (κ1) is 12.0. The second kappa shape index (κ2) is 5.28. The van der Waals surface area contributed by atoms with Gasteiger partial charge in [0.2, 0.25) is 0 Å². The maximum atomic E-state index is 5.89. The Balaban J connectivity index is 1.56. The van der Waals surface area contributed by atoms with Crippen LogP contribution in [0.1, 0.15) is 25.3 Å². The smallest absolute Gasteiger partial charge is 0.124 e. The average molecular weight is 249 g/mol. The minimum Gasteiger partial charge on any atom is -0.370 e. The van der Waals surface area contributed by atoms with E-state index in [0.29, 0.717) is 12.0 Å². The molecule has 4 N–H and O–H groups in total. The van der Waals surface area contributed by atoms with E-state index in [2.05, 4.69) is 26.5 Å². The second-order valence-corrected chi connectivity index (χ2v) is 5.54. The summed E-state index contributed by atoms with van der Waals surface area (Å²) >= 11 is 0. The highest BCUT2D eigenvalue weighted by molar-refractivity contribution is 5.35. The highest BCUT2D eigenvalue weighted by Crippen LogP contribution is 2.33. The lowest BCUT2D eigenvalue weighted by atomic mass is 9.76. The molecule has 1 saturated heterocycles. The molecule has 1 aliphatic carbocycles. The zero-order valence-electron chi connectivity index (χ0n) is 10.8. The van der Waals surface area contributed by atoms with E-state index in [-0.39, 0.29) is 0 Å². The lowest BCUT2D eigenvalue weighted by molar-refractivity contribution is 0.219. The third-order valence-electron chi connectivity index (χ3n) is 4.44. The van der Waals surface area contributed by atoms with Crippen molar-refractivity contribution in [3.05, 3.63) is 12.3 Å².